The lowest BCUT2D eigenvalue weighted by atomic mass is 10.2. The summed E-state index contributed by atoms with van der Waals surface area (Å²) in [4.78, 5) is 31.0. The summed E-state index contributed by atoms with van der Waals surface area (Å²) in [5.74, 6) is -0.0321. The lowest BCUT2D eigenvalue weighted by molar-refractivity contribution is -0.119. The van der Waals surface area contributed by atoms with Crippen molar-refractivity contribution in [1.82, 2.24) is 9.88 Å². The van der Waals surface area contributed by atoms with Crippen molar-refractivity contribution in [3.8, 4) is 17.0 Å². The minimum atomic E-state index is -0.837. The van der Waals surface area contributed by atoms with Gasteiger partial charge in [-0.05, 0) is 24.3 Å². The predicted molar refractivity (Wildman–Crippen MR) is 117 cm³/mol. The number of ether oxygens (including phenoxy) is 1. The molecule has 2 aromatic carbocycles. The molecule has 2 heterocycles. The minimum absolute atomic E-state index is 0.0335. The molecule has 30 heavy (non-hydrogen) atoms. The van der Waals surface area contributed by atoms with E-state index in [1.807, 2.05) is 35.7 Å². The molecule has 0 unspecified atom stereocenters. The van der Waals surface area contributed by atoms with Crippen LogP contribution in [-0.4, -0.2) is 45.7 Å². The summed E-state index contributed by atoms with van der Waals surface area (Å²) in [6.45, 7) is 0.0335. The fourth-order valence-corrected chi connectivity index (χ4v) is 4.17. The van der Waals surface area contributed by atoms with Gasteiger partial charge in [0.25, 0.3) is 0 Å². The summed E-state index contributed by atoms with van der Waals surface area (Å²) in [6, 6.07) is 15.5. The molecule has 1 aliphatic heterocycles. The molecular formula is C21H18BrN3O4S. The molecule has 2 atom stereocenters. The second kappa shape index (κ2) is 8.95. The minimum Gasteiger partial charge on any atom is -0.410 e. The van der Waals surface area contributed by atoms with E-state index in [2.05, 4.69) is 26.2 Å². The zero-order valence-corrected chi connectivity index (χ0v) is 18.1. The van der Waals surface area contributed by atoms with E-state index < -0.39 is 24.1 Å². The van der Waals surface area contributed by atoms with Crippen molar-refractivity contribution in [2.45, 2.75) is 18.6 Å². The largest absolute Gasteiger partial charge is 0.416 e. The number of para-hydroxylation sites is 1. The van der Waals surface area contributed by atoms with Gasteiger partial charge in [0.2, 0.25) is 5.91 Å². The van der Waals surface area contributed by atoms with E-state index in [1.54, 1.807) is 24.3 Å². The van der Waals surface area contributed by atoms with Crippen molar-refractivity contribution in [3.05, 3.63) is 64.5 Å². The van der Waals surface area contributed by atoms with Crippen molar-refractivity contribution < 1.29 is 19.4 Å². The molecule has 0 bridgehead atoms. The number of carbonyl (C=O) groups is 2. The lowest BCUT2D eigenvalue weighted by Gasteiger charge is -2.22. The highest BCUT2D eigenvalue weighted by molar-refractivity contribution is 9.10. The van der Waals surface area contributed by atoms with Gasteiger partial charge < -0.3 is 15.2 Å². The number of aromatic nitrogens is 1. The molecule has 9 heteroatoms. The SMILES string of the molecule is O=C(Nc1nc(-c2ccc(Br)cc2)cs1)[C@H]1C[C@H](O)CN1C(=O)Oc1ccccc1. The highest BCUT2D eigenvalue weighted by Crippen LogP contribution is 2.27. The van der Waals surface area contributed by atoms with E-state index in [0.29, 0.717) is 10.9 Å². The van der Waals surface area contributed by atoms with Crippen LogP contribution in [-0.2, 0) is 4.79 Å². The van der Waals surface area contributed by atoms with Crippen LogP contribution in [0.5, 0.6) is 5.75 Å². The summed E-state index contributed by atoms with van der Waals surface area (Å²) in [5, 5.41) is 15.1. The Kier molecular flexibility index (Phi) is 6.12. The van der Waals surface area contributed by atoms with Gasteiger partial charge in [0.15, 0.2) is 5.13 Å². The van der Waals surface area contributed by atoms with Crippen molar-refractivity contribution in [1.29, 1.82) is 0 Å². The summed E-state index contributed by atoms with van der Waals surface area (Å²) in [5.41, 5.74) is 1.67. The van der Waals surface area contributed by atoms with Crippen LogP contribution in [0.3, 0.4) is 0 Å². The van der Waals surface area contributed by atoms with Crippen molar-refractivity contribution >= 4 is 44.4 Å². The molecule has 154 valence electrons. The maximum atomic E-state index is 12.8. The van der Waals surface area contributed by atoms with Gasteiger partial charge in [-0.3, -0.25) is 9.69 Å². The Bertz CT molecular complexity index is 1040. The van der Waals surface area contributed by atoms with Crippen LogP contribution in [0, 0.1) is 0 Å². The van der Waals surface area contributed by atoms with Crippen molar-refractivity contribution in [3.63, 3.8) is 0 Å². The van der Waals surface area contributed by atoms with Gasteiger partial charge in [-0.2, -0.15) is 0 Å². The predicted octanol–water partition coefficient (Wildman–Crippen LogP) is 4.15. The molecule has 7 nitrogen and oxygen atoms in total. The maximum absolute atomic E-state index is 12.8. The maximum Gasteiger partial charge on any atom is 0.416 e. The van der Waals surface area contributed by atoms with Gasteiger partial charge >= 0.3 is 6.09 Å². The van der Waals surface area contributed by atoms with Gasteiger partial charge in [-0.25, -0.2) is 9.78 Å². The smallest absolute Gasteiger partial charge is 0.410 e. The zero-order chi connectivity index (χ0) is 21.1. The Balaban J connectivity index is 1.44. The molecule has 4 rings (SSSR count). The fourth-order valence-electron chi connectivity index (χ4n) is 3.19. The summed E-state index contributed by atoms with van der Waals surface area (Å²) in [7, 11) is 0. The van der Waals surface area contributed by atoms with E-state index in [9.17, 15) is 14.7 Å². The van der Waals surface area contributed by atoms with Gasteiger partial charge in [0, 0.05) is 21.8 Å². The Labute approximate surface area is 185 Å². The summed E-state index contributed by atoms with van der Waals surface area (Å²) in [6.07, 6.45) is -1.33. The quantitative estimate of drug-likeness (QED) is 0.576. The number of rotatable bonds is 4. The normalized spacial score (nSPS) is 18.3. The van der Waals surface area contributed by atoms with Crippen molar-refractivity contribution in [2.24, 2.45) is 0 Å². The van der Waals surface area contributed by atoms with Gasteiger partial charge in [-0.1, -0.05) is 46.3 Å². The van der Waals surface area contributed by atoms with Crippen LogP contribution < -0.4 is 10.1 Å². The molecule has 1 fully saturated rings. The summed E-state index contributed by atoms with van der Waals surface area (Å²) >= 11 is 4.70. The lowest BCUT2D eigenvalue weighted by Crippen LogP contribution is -2.44. The van der Waals surface area contributed by atoms with Crippen LogP contribution in [0.1, 0.15) is 6.42 Å². The molecule has 2 amide bonds. The van der Waals surface area contributed by atoms with Crippen LogP contribution in [0.2, 0.25) is 0 Å². The molecule has 3 aromatic rings. The summed E-state index contributed by atoms with van der Waals surface area (Å²) < 4.78 is 6.30. The zero-order valence-electron chi connectivity index (χ0n) is 15.7. The van der Waals surface area contributed by atoms with Crippen LogP contribution in [0.25, 0.3) is 11.3 Å². The molecular weight excluding hydrogens is 470 g/mol. The third kappa shape index (κ3) is 4.69. The first-order chi connectivity index (χ1) is 14.5. The first-order valence-corrected chi connectivity index (χ1v) is 10.9. The van der Waals surface area contributed by atoms with Gasteiger partial charge in [0.05, 0.1) is 18.3 Å². The number of aliphatic hydroxyl groups excluding tert-OH is 1. The van der Waals surface area contributed by atoms with E-state index in [0.717, 1.165) is 15.7 Å². The number of hydrogen-bond acceptors (Lipinski definition) is 6. The molecule has 0 aliphatic carbocycles. The monoisotopic (exact) mass is 487 g/mol. The number of nitrogens with one attached hydrogen (secondary N) is 1. The van der Waals surface area contributed by atoms with E-state index >= 15 is 0 Å². The number of amides is 2. The molecule has 0 radical (unpaired) electrons. The van der Waals surface area contributed by atoms with Crippen LogP contribution in [0.4, 0.5) is 9.93 Å². The number of anilines is 1. The first-order valence-electron chi connectivity index (χ1n) is 9.23. The molecule has 1 aromatic heterocycles. The number of benzene rings is 2. The topological polar surface area (TPSA) is 91.8 Å². The van der Waals surface area contributed by atoms with E-state index in [-0.39, 0.29) is 13.0 Å². The standard InChI is InChI=1S/C21H18BrN3O4S/c22-14-8-6-13(7-9-14)17-12-30-20(23-17)24-19(27)18-10-15(26)11-25(18)21(28)29-16-4-2-1-3-5-16/h1-9,12,15,18,26H,10-11H2,(H,23,24,27)/t15-,18+/m0/s1. The third-order valence-electron chi connectivity index (χ3n) is 4.64. The van der Waals surface area contributed by atoms with Crippen LogP contribution in [0.15, 0.2) is 64.5 Å². The number of β-amino-alcohol motifs (C(OH)–C–C–N with tert-alkyl or cyclic N) is 1. The highest BCUT2D eigenvalue weighted by Gasteiger charge is 2.40. The molecule has 0 saturated carbocycles. The Morgan fingerprint density at radius 1 is 1.17 bits per heavy atom. The Morgan fingerprint density at radius 3 is 2.63 bits per heavy atom. The Hall–Kier alpha value is -2.75. The number of thiazole rings is 1. The Morgan fingerprint density at radius 2 is 1.90 bits per heavy atom. The number of carbonyl (C=O) groups excluding carboxylic acids is 2. The average Bonchev–Trinajstić information content (AvgIpc) is 3.36. The average molecular weight is 488 g/mol. The molecule has 0 spiro atoms. The highest BCUT2D eigenvalue weighted by atomic mass is 79.9. The first kappa shape index (κ1) is 20.5. The molecule has 1 aliphatic rings. The van der Waals surface area contributed by atoms with Crippen LogP contribution >= 0.6 is 27.3 Å². The number of nitrogens with zero attached hydrogens (tertiary/aromatic N) is 2. The number of halogens is 1. The van der Waals surface area contributed by atoms with Crippen molar-refractivity contribution in [2.75, 3.05) is 11.9 Å². The van der Waals surface area contributed by atoms with Gasteiger partial charge in [-0.15, -0.1) is 11.3 Å². The van der Waals surface area contributed by atoms with Gasteiger partial charge in [0.1, 0.15) is 11.8 Å². The number of hydrogen-bond donors (Lipinski definition) is 2. The molecule has 2 N–H and O–H groups in total. The fraction of sp³-hybridized carbons (Fsp3) is 0.190. The number of aliphatic hydroxyl groups is 1. The molecule has 1 saturated heterocycles. The second-order valence-electron chi connectivity index (χ2n) is 6.77. The van der Waals surface area contributed by atoms with E-state index in [4.69, 9.17) is 4.74 Å². The second-order valence-corrected chi connectivity index (χ2v) is 8.55. The number of likely N-dealkylation sites (tertiary alicyclic amines) is 1. The third-order valence-corrected chi connectivity index (χ3v) is 5.93. The van der Waals surface area contributed by atoms with E-state index in [1.165, 1.54) is 16.2 Å².